The molecule has 7 nitrogen and oxygen atoms in total. The molecule has 0 unspecified atom stereocenters. The summed E-state index contributed by atoms with van der Waals surface area (Å²) in [5.41, 5.74) is -1.16. The van der Waals surface area contributed by atoms with E-state index in [2.05, 4.69) is 5.10 Å². The molecule has 1 aliphatic rings. The molecule has 30 heavy (non-hydrogen) atoms. The highest BCUT2D eigenvalue weighted by Gasteiger charge is 2.40. The summed E-state index contributed by atoms with van der Waals surface area (Å²) >= 11 is 6.08. The molecule has 0 atom stereocenters. The van der Waals surface area contributed by atoms with E-state index in [0.29, 0.717) is 0 Å². The summed E-state index contributed by atoms with van der Waals surface area (Å²) in [6.45, 7) is 1.33. The first-order chi connectivity index (χ1) is 14.3. The molecule has 2 amide bonds. The summed E-state index contributed by atoms with van der Waals surface area (Å²) in [6.07, 6.45) is -3.12. The number of aromatic nitrogens is 2. The zero-order chi connectivity index (χ0) is 21.6. The zero-order valence-corrected chi connectivity index (χ0v) is 16.1. The van der Waals surface area contributed by atoms with E-state index in [1.54, 1.807) is 24.3 Å². The molecule has 0 spiro atoms. The van der Waals surface area contributed by atoms with Crippen molar-refractivity contribution in [1.82, 2.24) is 14.8 Å². The van der Waals surface area contributed by atoms with Gasteiger partial charge < -0.3 is 4.84 Å². The van der Waals surface area contributed by atoms with E-state index in [0.717, 1.165) is 4.68 Å². The SMILES string of the molecule is Cc1nn(-c2ccccc2Cl)c(C(F)F)c1C(=O)ON1C(=O)c2ccccc2C1=O. The fraction of sp³-hybridized carbons (Fsp3) is 0.100. The Morgan fingerprint density at radius 1 is 1.03 bits per heavy atom. The molecule has 4 rings (SSSR count). The number of aryl methyl sites for hydroxylation is 1. The fourth-order valence-corrected chi connectivity index (χ4v) is 3.40. The first-order valence-electron chi connectivity index (χ1n) is 8.64. The topological polar surface area (TPSA) is 81.5 Å². The van der Waals surface area contributed by atoms with Crippen LogP contribution in [0.5, 0.6) is 0 Å². The van der Waals surface area contributed by atoms with E-state index >= 15 is 0 Å². The monoisotopic (exact) mass is 431 g/mol. The number of hydroxylamine groups is 2. The number of rotatable bonds is 4. The van der Waals surface area contributed by atoms with Gasteiger partial charge in [0.1, 0.15) is 11.3 Å². The van der Waals surface area contributed by atoms with E-state index < -0.39 is 35.5 Å². The Morgan fingerprint density at radius 3 is 2.17 bits per heavy atom. The van der Waals surface area contributed by atoms with Crippen molar-refractivity contribution in [3.05, 3.63) is 81.6 Å². The molecule has 1 aliphatic heterocycles. The number of hydrogen-bond acceptors (Lipinski definition) is 5. The molecule has 2 aromatic carbocycles. The van der Waals surface area contributed by atoms with Crippen LogP contribution in [-0.4, -0.2) is 32.6 Å². The van der Waals surface area contributed by atoms with Gasteiger partial charge in [0.05, 0.1) is 27.5 Å². The number of benzene rings is 2. The van der Waals surface area contributed by atoms with Crippen molar-refractivity contribution in [2.45, 2.75) is 13.3 Å². The minimum Gasteiger partial charge on any atom is -0.324 e. The molecule has 0 fully saturated rings. The van der Waals surface area contributed by atoms with Gasteiger partial charge in [0.25, 0.3) is 18.2 Å². The molecule has 1 aromatic heterocycles. The lowest BCUT2D eigenvalue weighted by Gasteiger charge is -2.14. The summed E-state index contributed by atoms with van der Waals surface area (Å²) < 4.78 is 28.7. The van der Waals surface area contributed by atoms with Crippen molar-refractivity contribution >= 4 is 29.4 Å². The van der Waals surface area contributed by atoms with Gasteiger partial charge in [0, 0.05) is 0 Å². The molecule has 10 heteroatoms. The third-order valence-corrected chi connectivity index (χ3v) is 4.84. The quantitative estimate of drug-likeness (QED) is 0.580. The van der Waals surface area contributed by atoms with Gasteiger partial charge in [0.2, 0.25) is 0 Å². The molecule has 0 bridgehead atoms. The molecule has 2 heterocycles. The number of amides is 2. The van der Waals surface area contributed by atoms with Crippen LogP contribution in [0.1, 0.15) is 48.9 Å². The lowest BCUT2D eigenvalue weighted by atomic mass is 10.1. The number of imide groups is 1. The number of fused-ring (bicyclic) bond motifs is 1. The Kier molecular flexibility index (Phi) is 4.83. The van der Waals surface area contributed by atoms with Crippen LogP contribution in [0.4, 0.5) is 8.78 Å². The maximum atomic E-state index is 13.9. The second kappa shape index (κ2) is 7.34. The summed E-state index contributed by atoms with van der Waals surface area (Å²) in [4.78, 5) is 42.4. The molecule has 0 N–H and O–H groups in total. The van der Waals surface area contributed by atoms with Crippen LogP contribution >= 0.6 is 11.6 Å². The van der Waals surface area contributed by atoms with Crippen molar-refractivity contribution in [2.24, 2.45) is 0 Å². The minimum atomic E-state index is -3.12. The van der Waals surface area contributed by atoms with Crippen LogP contribution < -0.4 is 0 Å². The Balaban J connectivity index is 1.73. The predicted octanol–water partition coefficient (Wildman–Crippen LogP) is 4.14. The van der Waals surface area contributed by atoms with Crippen LogP contribution in [0.25, 0.3) is 5.69 Å². The van der Waals surface area contributed by atoms with Crippen LogP contribution in [0.15, 0.2) is 48.5 Å². The third kappa shape index (κ3) is 3.03. The average Bonchev–Trinajstić information content (AvgIpc) is 3.19. The van der Waals surface area contributed by atoms with Crippen LogP contribution in [0, 0.1) is 6.92 Å². The van der Waals surface area contributed by atoms with E-state index in [1.807, 2.05) is 0 Å². The number of carbonyl (C=O) groups excluding carboxylic acids is 3. The lowest BCUT2D eigenvalue weighted by molar-refractivity contribution is -0.0588. The summed E-state index contributed by atoms with van der Waals surface area (Å²) in [7, 11) is 0. The first-order valence-corrected chi connectivity index (χ1v) is 9.01. The van der Waals surface area contributed by atoms with E-state index in [-0.39, 0.29) is 32.6 Å². The largest absolute Gasteiger partial charge is 0.367 e. The molecule has 152 valence electrons. The highest BCUT2D eigenvalue weighted by molar-refractivity contribution is 6.32. The van der Waals surface area contributed by atoms with E-state index in [1.165, 1.54) is 31.2 Å². The van der Waals surface area contributed by atoms with Gasteiger partial charge in [0.15, 0.2) is 0 Å². The number of alkyl halides is 2. The van der Waals surface area contributed by atoms with E-state index in [9.17, 15) is 23.2 Å². The Bertz CT molecular complexity index is 1170. The second-order valence-corrected chi connectivity index (χ2v) is 6.75. The molecule has 0 saturated carbocycles. The van der Waals surface area contributed by atoms with Crippen molar-refractivity contribution in [3.8, 4) is 5.69 Å². The average molecular weight is 432 g/mol. The Labute approximate surface area is 173 Å². The smallest absolute Gasteiger partial charge is 0.324 e. The summed E-state index contributed by atoms with van der Waals surface area (Å²) in [5.74, 6) is -3.03. The molecule has 0 radical (unpaired) electrons. The maximum absolute atomic E-state index is 13.9. The third-order valence-electron chi connectivity index (χ3n) is 4.52. The summed E-state index contributed by atoms with van der Waals surface area (Å²) in [6, 6.07) is 12.0. The lowest BCUT2D eigenvalue weighted by Crippen LogP contribution is -2.33. The van der Waals surface area contributed by atoms with Gasteiger partial charge in [-0.25, -0.2) is 18.3 Å². The van der Waals surface area contributed by atoms with Gasteiger partial charge in [-0.15, -0.1) is 0 Å². The second-order valence-electron chi connectivity index (χ2n) is 6.34. The maximum Gasteiger partial charge on any atom is 0.367 e. The normalized spacial score (nSPS) is 13.2. The van der Waals surface area contributed by atoms with Crippen molar-refractivity contribution in [3.63, 3.8) is 0 Å². The number of hydrogen-bond donors (Lipinski definition) is 0. The molecular weight excluding hydrogens is 420 g/mol. The van der Waals surface area contributed by atoms with Gasteiger partial charge >= 0.3 is 5.97 Å². The number of carbonyl (C=O) groups is 3. The van der Waals surface area contributed by atoms with Gasteiger partial charge in [-0.2, -0.15) is 5.10 Å². The minimum absolute atomic E-state index is 0.0490. The zero-order valence-electron chi connectivity index (χ0n) is 15.3. The predicted molar refractivity (Wildman–Crippen MR) is 101 cm³/mol. The molecule has 0 saturated heterocycles. The molecule has 3 aromatic rings. The summed E-state index contributed by atoms with van der Waals surface area (Å²) in [5, 5.41) is 4.40. The van der Waals surface area contributed by atoms with Gasteiger partial charge in [-0.1, -0.05) is 40.9 Å². The van der Waals surface area contributed by atoms with Crippen LogP contribution in [-0.2, 0) is 4.84 Å². The molecular formula is C20H12ClF2N3O4. The highest BCUT2D eigenvalue weighted by atomic mass is 35.5. The van der Waals surface area contributed by atoms with Crippen LogP contribution in [0.2, 0.25) is 5.02 Å². The van der Waals surface area contributed by atoms with Crippen LogP contribution in [0.3, 0.4) is 0 Å². The van der Waals surface area contributed by atoms with Crippen molar-refractivity contribution in [1.29, 1.82) is 0 Å². The standard InChI is InChI=1S/C20H12ClF2N3O4/c1-10-15(16(17(22)23)25(24-10)14-9-5-4-8-13(14)21)20(29)30-26-18(27)11-6-2-3-7-12(11)19(26)28/h2-9,17H,1H3. The van der Waals surface area contributed by atoms with Crippen molar-refractivity contribution < 1.29 is 28.0 Å². The highest BCUT2D eigenvalue weighted by Crippen LogP contribution is 2.32. The number of para-hydroxylation sites is 1. The number of halogens is 3. The van der Waals surface area contributed by atoms with E-state index in [4.69, 9.17) is 16.4 Å². The first kappa shape index (κ1) is 19.7. The van der Waals surface area contributed by atoms with Crippen molar-refractivity contribution in [2.75, 3.05) is 0 Å². The Hall–Kier alpha value is -3.59. The Morgan fingerprint density at radius 2 is 1.60 bits per heavy atom. The van der Waals surface area contributed by atoms with Gasteiger partial charge in [-0.3, -0.25) is 9.59 Å². The van der Waals surface area contributed by atoms with Gasteiger partial charge in [-0.05, 0) is 31.2 Å². The fourth-order valence-electron chi connectivity index (χ4n) is 3.18. The number of nitrogens with zero attached hydrogens (tertiary/aromatic N) is 3. The molecule has 0 aliphatic carbocycles.